The fraction of sp³-hybridized carbons (Fsp3) is 0.562. The zero-order valence-corrected chi connectivity index (χ0v) is 12.1. The second-order valence-corrected chi connectivity index (χ2v) is 5.08. The third-order valence-corrected chi connectivity index (χ3v) is 3.42. The maximum atomic E-state index is 11.3. The number of esters is 1. The standard InChI is InChI=1S/C16H23NO3/c1-2-19-16(18)13-20-15-8-6-7-14(11-15)12-17-9-4-3-5-10-17/h6-8,11H,2-5,9-10,12-13H2,1H3. The molecule has 1 aliphatic rings. The highest BCUT2D eigenvalue weighted by Crippen LogP contribution is 2.17. The first-order chi connectivity index (χ1) is 9.78. The summed E-state index contributed by atoms with van der Waals surface area (Å²) in [7, 11) is 0. The molecule has 0 amide bonds. The van der Waals surface area contributed by atoms with Crippen molar-refractivity contribution in [1.82, 2.24) is 4.90 Å². The molecule has 4 nitrogen and oxygen atoms in total. The Kier molecular flexibility index (Phi) is 5.87. The molecule has 20 heavy (non-hydrogen) atoms. The molecule has 4 heteroatoms. The summed E-state index contributed by atoms with van der Waals surface area (Å²) in [6.07, 6.45) is 3.93. The molecule has 1 aliphatic heterocycles. The molecule has 0 saturated carbocycles. The van der Waals surface area contributed by atoms with E-state index in [0.29, 0.717) is 6.61 Å². The molecule has 0 bridgehead atoms. The highest BCUT2D eigenvalue weighted by molar-refractivity contribution is 5.71. The molecule has 1 fully saturated rings. The summed E-state index contributed by atoms with van der Waals surface area (Å²) in [6, 6.07) is 7.96. The number of likely N-dealkylation sites (tertiary alicyclic amines) is 1. The van der Waals surface area contributed by atoms with Crippen molar-refractivity contribution in [1.29, 1.82) is 0 Å². The van der Waals surface area contributed by atoms with Crippen LogP contribution >= 0.6 is 0 Å². The van der Waals surface area contributed by atoms with Crippen LogP contribution in [0.25, 0.3) is 0 Å². The molecule has 0 aliphatic carbocycles. The molecule has 1 saturated heterocycles. The Hall–Kier alpha value is -1.55. The summed E-state index contributed by atoms with van der Waals surface area (Å²) >= 11 is 0. The lowest BCUT2D eigenvalue weighted by Crippen LogP contribution is -2.29. The van der Waals surface area contributed by atoms with Crippen molar-refractivity contribution < 1.29 is 14.3 Å². The molecule has 0 unspecified atom stereocenters. The summed E-state index contributed by atoms with van der Waals surface area (Å²) in [5.41, 5.74) is 1.23. The van der Waals surface area contributed by atoms with Crippen LogP contribution in [0.1, 0.15) is 31.7 Å². The SMILES string of the molecule is CCOC(=O)COc1cccc(CN2CCCCC2)c1. The molecule has 2 rings (SSSR count). The van der Waals surface area contributed by atoms with Crippen LogP contribution in [0, 0.1) is 0 Å². The summed E-state index contributed by atoms with van der Waals surface area (Å²) < 4.78 is 10.3. The van der Waals surface area contributed by atoms with Gasteiger partial charge in [-0.3, -0.25) is 4.90 Å². The highest BCUT2D eigenvalue weighted by Gasteiger charge is 2.11. The van der Waals surface area contributed by atoms with Gasteiger partial charge in [0.1, 0.15) is 5.75 Å². The topological polar surface area (TPSA) is 38.8 Å². The average Bonchev–Trinajstić information content (AvgIpc) is 2.47. The highest BCUT2D eigenvalue weighted by atomic mass is 16.6. The zero-order valence-electron chi connectivity index (χ0n) is 12.1. The van der Waals surface area contributed by atoms with Gasteiger partial charge in [-0.25, -0.2) is 4.79 Å². The van der Waals surface area contributed by atoms with Crippen molar-refractivity contribution >= 4 is 5.97 Å². The first kappa shape index (κ1) is 14.9. The summed E-state index contributed by atoms with van der Waals surface area (Å²) in [5.74, 6) is 0.404. The minimum Gasteiger partial charge on any atom is -0.482 e. The van der Waals surface area contributed by atoms with Gasteiger partial charge in [-0.05, 0) is 50.6 Å². The molecule has 1 aromatic rings. The lowest BCUT2D eigenvalue weighted by Gasteiger charge is -2.26. The zero-order chi connectivity index (χ0) is 14.2. The van der Waals surface area contributed by atoms with Crippen molar-refractivity contribution in [3.8, 4) is 5.75 Å². The number of hydrogen-bond acceptors (Lipinski definition) is 4. The number of ether oxygens (including phenoxy) is 2. The average molecular weight is 277 g/mol. The molecule has 0 radical (unpaired) electrons. The van der Waals surface area contributed by atoms with E-state index in [1.165, 1.54) is 37.9 Å². The van der Waals surface area contributed by atoms with Crippen LogP contribution in [-0.4, -0.2) is 37.2 Å². The third-order valence-electron chi connectivity index (χ3n) is 3.42. The number of carbonyl (C=O) groups excluding carboxylic acids is 1. The van der Waals surface area contributed by atoms with Crippen LogP contribution in [0.4, 0.5) is 0 Å². The third kappa shape index (κ3) is 4.85. The Morgan fingerprint density at radius 2 is 2.05 bits per heavy atom. The van der Waals surface area contributed by atoms with Crippen LogP contribution in [-0.2, 0) is 16.1 Å². The van der Waals surface area contributed by atoms with Gasteiger partial charge < -0.3 is 9.47 Å². The quantitative estimate of drug-likeness (QED) is 0.749. The normalized spacial score (nSPS) is 15.8. The van der Waals surface area contributed by atoms with Gasteiger partial charge in [-0.15, -0.1) is 0 Å². The molecular formula is C16H23NO3. The van der Waals surface area contributed by atoms with Gasteiger partial charge in [-0.2, -0.15) is 0 Å². The second kappa shape index (κ2) is 7.90. The minimum absolute atomic E-state index is 0.0268. The Balaban J connectivity index is 1.85. The number of benzene rings is 1. The number of carbonyl (C=O) groups is 1. The van der Waals surface area contributed by atoms with Gasteiger partial charge >= 0.3 is 5.97 Å². The van der Waals surface area contributed by atoms with E-state index in [2.05, 4.69) is 11.0 Å². The van der Waals surface area contributed by atoms with Crippen molar-refractivity contribution in [3.05, 3.63) is 29.8 Å². The van der Waals surface area contributed by atoms with Crippen molar-refractivity contribution in [2.45, 2.75) is 32.7 Å². The van der Waals surface area contributed by atoms with Gasteiger partial charge in [0.15, 0.2) is 6.61 Å². The number of hydrogen-bond donors (Lipinski definition) is 0. The van der Waals surface area contributed by atoms with Crippen molar-refractivity contribution in [3.63, 3.8) is 0 Å². The van der Waals surface area contributed by atoms with Gasteiger partial charge in [0.25, 0.3) is 0 Å². The molecule has 0 spiro atoms. The van der Waals surface area contributed by atoms with Crippen LogP contribution in [0.3, 0.4) is 0 Å². The second-order valence-electron chi connectivity index (χ2n) is 5.08. The fourth-order valence-electron chi connectivity index (χ4n) is 2.45. The molecule has 0 N–H and O–H groups in total. The van der Waals surface area contributed by atoms with Crippen molar-refractivity contribution in [2.24, 2.45) is 0 Å². The largest absolute Gasteiger partial charge is 0.482 e. The van der Waals surface area contributed by atoms with Gasteiger partial charge in [-0.1, -0.05) is 18.6 Å². The molecule has 0 atom stereocenters. The predicted octanol–water partition coefficient (Wildman–Crippen LogP) is 2.61. The maximum absolute atomic E-state index is 11.3. The first-order valence-electron chi connectivity index (χ1n) is 7.37. The number of rotatable bonds is 6. The summed E-state index contributed by atoms with van der Waals surface area (Å²) in [5, 5.41) is 0. The van der Waals surface area contributed by atoms with Crippen LogP contribution < -0.4 is 4.74 Å². The van der Waals surface area contributed by atoms with E-state index < -0.39 is 0 Å². The van der Waals surface area contributed by atoms with E-state index in [1.807, 2.05) is 18.2 Å². The summed E-state index contributed by atoms with van der Waals surface area (Å²) in [4.78, 5) is 13.7. The molecule has 110 valence electrons. The van der Waals surface area contributed by atoms with Crippen LogP contribution in [0.2, 0.25) is 0 Å². The van der Waals surface area contributed by atoms with Crippen LogP contribution in [0.5, 0.6) is 5.75 Å². The molecule has 0 aromatic heterocycles. The maximum Gasteiger partial charge on any atom is 0.344 e. The van der Waals surface area contributed by atoms with E-state index in [0.717, 1.165) is 12.3 Å². The lowest BCUT2D eigenvalue weighted by atomic mass is 10.1. The molecular weight excluding hydrogens is 254 g/mol. The predicted molar refractivity (Wildman–Crippen MR) is 77.7 cm³/mol. The monoisotopic (exact) mass is 277 g/mol. The first-order valence-corrected chi connectivity index (χ1v) is 7.37. The van der Waals surface area contributed by atoms with Gasteiger partial charge in [0.05, 0.1) is 6.61 Å². The van der Waals surface area contributed by atoms with E-state index in [4.69, 9.17) is 9.47 Å². The molecule has 1 heterocycles. The van der Waals surface area contributed by atoms with E-state index in [-0.39, 0.29) is 12.6 Å². The van der Waals surface area contributed by atoms with E-state index in [9.17, 15) is 4.79 Å². The Labute approximate surface area is 120 Å². The Morgan fingerprint density at radius 1 is 1.25 bits per heavy atom. The molecule has 1 aromatic carbocycles. The van der Waals surface area contributed by atoms with Crippen molar-refractivity contribution in [2.75, 3.05) is 26.3 Å². The van der Waals surface area contributed by atoms with Crippen LogP contribution in [0.15, 0.2) is 24.3 Å². The van der Waals surface area contributed by atoms with Gasteiger partial charge in [0, 0.05) is 6.54 Å². The Morgan fingerprint density at radius 3 is 2.80 bits per heavy atom. The number of piperidine rings is 1. The van der Waals surface area contributed by atoms with Gasteiger partial charge in [0.2, 0.25) is 0 Å². The lowest BCUT2D eigenvalue weighted by molar-refractivity contribution is -0.145. The smallest absolute Gasteiger partial charge is 0.344 e. The fourth-order valence-corrected chi connectivity index (χ4v) is 2.45. The van der Waals surface area contributed by atoms with E-state index >= 15 is 0 Å². The minimum atomic E-state index is -0.325. The summed E-state index contributed by atoms with van der Waals surface area (Å²) in [6.45, 7) is 5.45. The number of nitrogens with zero attached hydrogens (tertiary/aromatic N) is 1. The van der Waals surface area contributed by atoms with E-state index in [1.54, 1.807) is 6.92 Å². The Bertz CT molecular complexity index is 427.